The highest BCUT2D eigenvalue weighted by atomic mass is 35.5. The van der Waals surface area contributed by atoms with Crippen LogP contribution in [0.3, 0.4) is 0 Å². The lowest BCUT2D eigenvalue weighted by Crippen LogP contribution is -2.19. The second-order valence-electron chi connectivity index (χ2n) is 4.90. The summed E-state index contributed by atoms with van der Waals surface area (Å²) in [6.45, 7) is 7.07. The summed E-state index contributed by atoms with van der Waals surface area (Å²) < 4.78 is 1.92. The van der Waals surface area contributed by atoms with E-state index in [0.717, 1.165) is 22.8 Å². The fraction of sp³-hybridized carbons (Fsp3) is 0.400. The summed E-state index contributed by atoms with van der Waals surface area (Å²) in [6.07, 6.45) is 0. The third-order valence-electron chi connectivity index (χ3n) is 3.62. The molecule has 1 aromatic heterocycles. The van der Waals surface area contributed by atoms with Gasteiger partial charge in [-0.05, 0) is 32.4 Å². The quantitative estimate of drug-likeness (QED) is 0.926. The third kappa shape index (κ3) is 2.99. The molecule has 0 bridgehead atoms. The maximum atomic E-state index is 6.21. The van der Waals surface area contributed by atoms with Gasteiger partial charge in [0, 0.05) is 35.9 Å². The molecule has 0 aliphatic carbocycles. The van der Waals surface area contributed by atoms with Gasteiger partial charge >= 0.3 is 0 Å². The van der Waals surface area contributed by atoms with E-state index in [2.05, 4.69) is 30.3 Å². The molecule has 3 nitrogen and oxygen atoms in total. The van der Waals surface area contributed by atoms with Crippen molar-refractivity contribution < 1.29 is 0 Å². The second-order valence-corrected chi connectivity index (χ2v) is 5.30. The first-order valence-electron chi connectivity index (χ1n) is 6.47. The lowest BCUT2D eigenvalue weighted by Gasteiger charge is -2.15. The Labute approximate surface area is 119 Å². The number of halogens is 1. The largest absolute Gasteiger partial charge is 0.306 e. The van der Waals surface area contributed by atoms with E-state index in [4.69, 9.17) is 11.6 Å². The van der Waals surface area contributed by atoms with Crippen LogP contribution in [0.15, 0.2) is 24.3 Å². The average molecular weight is 278 g/mol. The molecular weight excluding hydrogens is 258 g/mol. The van der Waals surface area contributed by atoms with Crippen molar-refractivity contribution in [2.45, 2.75) is 33.4 Å². The Kier molecular flexibility index (Phi) is 4.27. The van der Waals surface area contributed by atoms with Gasteiger partial charge in [0.2, 0.25) is 0 Å². The summed E-state index contributed by atoms with van der Waals surface area (Å²) >= 11 is 6.21. The van der Waals surface area contributed by atoms with Crippen LogP contribution in [0.5, 0.6) is 0 Å². The van der Waals surface area contributed by atoms with Crippen molar-refractivity contribution in [3.05, 3.63) is 51.8 Å². The van der Waals surface area contributed by atoms with E-state index in [9.17, 15) is 0 Å². The monoisotopic (exact) mass is 277 g/mol. The Morgan fingerprint density at radius 2 is 2.00 bits per heavy atom. The predicted octanol–water partition coefficient (Wildman–Crippen LogP) is 3.54. The van der Waals surface area contributed by atoms with E-state index in [-0.39, 0.29) is 6.04 Å². The normalized spacial score (nSPS) is 12.7. The molecule has 2 aromatic rings. The molecule has 0 aliphatic heterocycles. The average Bonchev–Trinajstić information content (AvgIpc) is 2.61. The molecule has 0 saturated heterocycles. The van der Waals surface area contributed by atoms with Gasteiger partial charge in [0.25, 0.3) is 0 Å². The molecule has 19 heavy (non-hydrogen) atoms. The Morgan fingerprint density at radius 1 is 1.32 bits per heavy atom. The van der Waals surface area contributed by atoms with Crippen LogP contribution in [-0.4, -0.2) is 9.78 Å². The SMILES string of the molecule is Cc1nn(C)c(C)c1CNC(C)c1ccccc1Cl. The highest BCUT2D eigenvalue weighted by Crippen LogP contribution is 2.23. The Balaban J connectivity index is 2.09. The number of benzene rings is 1. The zero-order valence-corrected chi connectivity index (χ0v) is 12.6. The number of rotatable bonds is 4. The standard InChI is InChI=1S/C15H20ClN3/c1-10(13-7-5-6-8-15(13)16)17-9-14-11(2)18-19(4)12(14)3/h5-8,10,17H,9H2,1-4H3. The summed E-state index contributed by atoms with van der Waals surface area (Å²) in [5.41, 5.74) is 4.68. The van der Waals surface area contributed by atoms with Gasteiger partial charge < -0.3 is 5.32 Å². The van der Waals surface area contributed by atoms with E-state index >= 15 is 0 Å². The van der Waals surface area contributed by atoms with Gasteiger partial charge in [0.05, 0.1) is 5.69 Å². The Morgan fingerprint density at radius 3 is 2.58 bits per heavy atom. The first-order chi connectivity index (χ1) is 9.00. The van der Waals surface area contributed by atoms with E-state index in [1.807, 2.05) is 36.9 Å². The topological polar surface area (TPSA) is 29.9 Å². The molecule has 0 saturated carbocycles. The van der Waals surface area contributed by atoms with Crippen molar-refractivity contribution in [2.24, 2.45) is 7.05 Å². The highest BCUT2D eigenvalue weighted by Gasteiger charge is 2.12. The highest BCUT2D eigenvalue weighted by molar-refractivity contribution is 6.31. The van der Waals surface area contributed by atoms with Crippen molar-refractivity contribution in [2.75, 3.05) is 0 Å². The van der Waals surface area contributed by atoms with Crippen LogP contribution in [0.25, 0.3) is 0 Å². The smallest absolute Gasteiger partial charge is 0.0641 e. The summed E-state index contributed by atoms with van der Waals surface area (Å²) in [5, 5.41) is 8.75. The molecule has 0 aliphatic rings. The van der Waals surface area contributed by atoms with Crippen molar-refractivity contribution in [3.63, 3.8) is 0 Å². The van der Waals surface area contributed by atoms with Gasteiger partial charge in [-0.25, -0.2) is 0 Å². The van der Waals surface area contributed by atoms with Crippen LogP contribution < -0.4 is 5.32 Å². The van der Waals surface area contributed by atoms with Gasteiger partial charge in [-0.1, -0.05) is 29.8 Å². The molecular formula is C15H20ClN3. The van der Waals surface area contributed by atoms with Crippen LogP contribution in [0, 0.1) is 13.8 Å². The molecule has 1 aromatic carbocycles. The fourth-order valence-corrected chi connectivity index (χ4v) is 2.56. The maximum Gasteiger partial charge on any atom is 0.0641 e. The second kappa shape index (κ2) is 5.76. The zero-order valence-electron chi connectivity index (χ0n) is 11.9. The molecule has 1 unspecified atom stereocenters. The molecule has 0 spiro atoms. The fourth-order valence-electron chi connectivity index (χ4n) is 2.26. The minimum absolute atomic E-state index is 0.215. The number of hydrogen-bond acceptors (Lipinski definition) is 2. The van der Waals surface area contributed by atoms with Gasteiger partial charge in [-0.15, -0.1) is 0 Å². The molecule has 1 atom stereocenters. The van der Waals surface area contributed by atoms with E-state index in [1.165, 1.54) is 11.3 Å². The van der Waals surface area contributed by atoms with Crippen LogP contribution in [-0.2, 0) is 13.6 Å². The lowest BCUT2D eigenvalue weighted by atomic mass is 10.1. The lowest BCUT2D eigenvalue weighted by molar-refractivity contribution is 0.571. The van der Waals surface area contributed by atoms with Gasteiger partial charge in [-0.2, -0.15) is 5.10 Å². The van der Waals surface area contributed by atoms with E-state index < -0.39 is 0 Å². The molecule has 1 N–H and O–H groups in total. The number of nitrogens with zero attached hydrogens (tertiary/aromatic N) is 2. The predicted molar refractivity (Wildman–Crippen MR) is 79.4 cm³/mol. The van der Waals surface area contributed by atoms with Crippen LogP contribution in [0.1, 0.15) is 35.5 Å². The molecule has 4 heteroatoms. The Hall–Kier alpha value is -1.32. The maximum absolute atomic E-state index is 6.21. The van der Waals surface area contributed by atoms with Gasteiger partial charge in [0.15, 0.2) is 0 Å². The van der Waals surface area contributed by atoms with E-state index in [0.29, 0.717) is 0 Å². The molecule has 0 fully saturated rings. The molecule has 2 rings (SSSR count). The Bertz CT molecular complexity index is 575. The summed E-state index contributed by atoms with van der Waals surface area (Å²) in [6, 6.07) is 8.17. The van der Waals surface area contributed by atoms with Crippen molar-refractivity contribution in [1.82, 2.24) is 15.1 Å². The zero-order chi connectivity index (χ0) is 14.0. The van der Waals surface area contributed by atoms with Gasteiger partial charge in [-0.3, -0.25) is 4.68 Å². The first-order valence-corrected chi connectivity index (χ1v) is 6.85. The first kappa shape index (κ1) is 14.1. The minimum Gasteiger partial charge on any atom is -0.306 e. The number of aryl methyl sites for hydroxylation is 2. The third-order valence-corrected chi connectivity index (χ3v) is 3.96. The molecule has 1 heterocycles. The molecule has 0 amide bonds. The minimum atomic E-state index is 0.215. The molecule has 0 radical (unpaired) electrons. The number of nitrogens with one attached hydrogen (secondary N) is 1. The van der Waals surface area contributed by atoms with Crippen molar-refractivity contribution in [3.8, 4) is 0 Å². The van der Waals surface area contributed by atoms with Crippen molar-refractivity contribution >= 4 is 11.6 Å². The van der Waals surface area contributed by atoms with Gasteiger partial charge in [0.1, 0.15) is 0 Å². The van der Waals surface area contributed by atoms with Crippen LogP contribution in [0.2, 0.25) is 5.02 Å². The van der Waals surface area contributed by atoms with Crippen molar-refractivity contribution in [1.29, 1.82) is 0 Å². The summed E-state index contributed by atoms with van der Waals surface area (Å²) in [5.74, 6) is 0. The molecule has 102 valence electrons. The number of aromatic nitrogens is 2. The van der Waals surface area contributed by atoms with E-state index in [1.54, 1.807) is 0 Å². The number of hydrogen-bond donors (Lipinski definition) is 1. The summed E-state index contributed by atoms with van der Waals surface area (Å²) in [7, 11) is 1.98. The summed E-state index contributed by atoms with van der Waals surface area (Å²) in [4.78, 5) is 0. The van der Waals surface area contributed by atoms with Crippen LogP contribution in [0.4, 0.5) is 0 Å². The van der Waals surface area contributed by atoms with Crippen LogP contribution >= 0.6 is 11.6 Å².